The zero-order valence-electron chi connectivity index (χ0n) is 40.5. The van der Waals surface area contributed by atoms with E-state index in [2.05, 4.69) is 277 Å². The summed E-state index contributed by atoms with van der Waals surface area (Å²) < 4.78 is 0. The zero-order chi connectivity index (χ0) is 46.2. The van der Waals surface area contributed by atoms with Crippen LogP contribution in [0.1, 0.15) is 66.8 Å². The van der Waals surface area contributed by atoms with Crippen LogP contribution in [0.3, 0.4) is 0 Å². The molecule has 0 atom stereocenters. The number of benzene rings is 10. The number of hydrogen-bond acceptors (Lipinski definition) is 0. The smallest absolute Gasteiger partial charge is 0.0152 e. The third-order valence-electron chi connectivity index (χ3n) is 11.4. The molecular weight excluding hydrogens is 769 g/mol. The number of rotatable bonds is 0. The van der Waals surface area contributed by atoms with Crippen molar-refractivity contribution in [3.8, 4) is 0 Å². The highest BCUT2D eigenvalue weighted by molar-refractivity contribution is 5.88. The summed E-state index contributed by atoms with van der Waals surface area (Å²) in [6.07, 6.45) is 0. The molecular formula is C64H68. The maximum absolute atomic E-state index is 2.24. The van der Waals surface area contributed by atoms with Crippen LogP contribution in [0, 0.1) is 83.1 Å². The van der Waals surface area contributed by atoms with E-state index in [1.165, 1.54) is 110 Å². The summed E-state index contributed by atoms with van der Waals surface area (Å²) in [7, 11) is 0. The molecule has 0 radical (unpaired) electrons. The Labute approximate surface area is 385 Å². The fraction of sp³-hybridized carbons (Fsp3) is 0.188. The van der Waals surface area contributed by atoms with E-state index >= 15 is 0 Å². The van der Waals surface area contributed by atoms with Crippen LogP contribution in [0.2, 0.25) is 0 Å². The van der Waals surface area contributed by atoms with Crippen LogP contribution in [-0.4, -0.2) is 0 Å². The van der Waals surface area contributed by atoms with Gasteiger partial charge in [-0.2, -0.15) is 0 Å². The Bertz CT molecular complexity index is 2850. The molecule has 0 aromatic heterocycles. The molecule has 0 bridgehead atoms. The first-order valence-electron chi connectivity index (χ1n) is 22.6. The molecule has 0 saturated carbocycles. The Morgan fingerprint density at radius 3 is 0.828 bits per heavy atom. The van der Waals surface area contributed by atoms with Crippen LogP contribution in [0.4, 0.5) is 0 Å². The third kappa shape index (κ3) is 15.0. The van der Waals surface area contributed by atoms with E-state index < -0.39 is 0 Å². The lowest BCUT2D eigenvalue weighted by Gasteiger charge is -2.03. The molecule has 10 aromatic rings. The second-order valence-corrected chi connectivity index (χ2v) is 17.5. The Morgan fingerprint density at radius 2 is 0.469 bits per heavy atom. The highest BCUT2D eigenvalue weighted by atomic mass is 14.0. The molecule has 10 aromatic carbocycles. The summed E-state index contributed by atoms with van der Waals surface area (Å²) in [5.74, 6) is 0. The molecule has 0 nitrogen and oxygen atoms in total. The van der Waals surface area contributed by atoms with E-state index in [1.54, 1.807) is 0 Å². The molecule has 0 heteroatoms. The summed E-state index contributed by atoms with van der Waals surface area (Å²) in [5, 5.41) is 10.7. The lowest BCUT2D eigenvalue weighted by Crippen LogP contribution is -1.80. The third-order valence-corrected chi connectivity index (χ3v) is 11.4. The van der Waals surface area contributed by atoms with E-state index in [1.807, 2.05) is 0 Å². The molecule has 0 aliphatic heterocycles. The molecule has 0 spiro atoms. The van der Waals surface area contributed by atoms with Crippen molar-refractivity contribution in [2.75, 3.05) is 0 Å². The second-order valence-electron chi connectivity index (χ2n) is 17.5. The van der Waals surface area contributed by atoms with E-state index in [0.717, 1.165) is 0 Å². The van der Waals surface area contributed by atoms with E-state index in [0.29, 0.717) is 0 Å². The lowest BCUT2D eigenvalue weighted by atomic mass is 10.0. The molecule has 10 rings (SSSR count). The van der Waals surface area contributed by atoms with Crippen LogP contribution < -0.4 is 0 Å². The topological polar surface area (TPSA) is 0 Å². The van der Waals surface area contributed by atoms with Gasteiger partial charge in [-0.25, -0.2) is 0 Å². The lowest BCUT2D eigenvalue weighted by molar-refractivity contribution is 1.37. The molecule has 64 heavy (non-hydrogen) atoms. The van der Waals surface area contributed by atoms with Gasteiger partial charge in [0.2, 0.25) is 0 Å². The first-order chi connectivity index (χ1) is 30.6. The Hall–Kier alpha value is -6.76. The van der Waals surface area contributed by atoms with Crippen molar-refractivity contribution in [2.24, 2.45) is 0 Å². The van der Waals surface area contributed by atoms with Gasteiger partial charge in [-0.15, -0.1) is 0 Å². The molecule has 0 N–H and O–H groups in total. The zero-order valence-corrected chi connectivity index (χ0v) is 40.5. The molecule has 0 heterocycles. The van der Waals surface area contributed by atoms with Gasteiger partial charge in [0.25, 0.3) is 0 Å². The van der Waals surface area contributed by atoms with E-state index in [4.69, 9.17) is 0 Å². The van der Waals surface area contributed by atoms with Crippen molar-refractivity contribution in [3.05, 3.63) is 261 Å². The quantitative estimate of drug-likeness (QED) is 0.143. The predicted octanol–water partition coefficient (Wildman–Crippen LogP) is 18.4. The average Bonchev–Trinajstić information content (AvgIpc) is 3.27. The monoisotopic (exact) mass is 837 g/mol. The van der Waals surface area contributed by atoms with Gasteiger partial charge >= 0.3 is 0 Å². The van der Waals surface area contributed by atoms with Gasteiger partial charge in [0.05, 0.1) is 0 Å². The summed E-state index contributed by atoms with van der Waals surface area (Å²) in [6.45, 7) is 25.5. The van der Waals surface area contributed by atoms with Gasteiger partial charge in [0.1, 0.15) is 0 Å². The first kappa shape index (κ1) is 48.3. The minimum absolute atomic E-state index is 1.33. The van der Waals surface area contributed by atoms with Crippen molar-refractivity contribution in [1.29, 1.82) is 0 Å². The normalized spacial score (nSPS) is 10.2. The number of hydrogen-bond donors (Lipinski definition) is 0. The SMILES string of the molecule is Cc1cc2ccccc2cc1C.Cc1ccc(C)c2ccccc12.Cc1ccc(C)cc1.Cc1ccc2cc(C)ccc2c1.Cc1ccc2ccc(C)cc2c1.Cc1cccc(C)c1. The maximum Gasteiger partial charge on any atom is -0.0152 e. The Morgan fingerprint density at radius 1 is 0.172 bits per heavy atom. The average molecular weight is 837 g/mol. The fourth-order valence-corrected chi connectivity index (χ4v) is 7.48. The summed E-state index contributed by atoms with van der Waals surface area (Å²) >= 11 is 0. The van der Waals surface area contributed by atoms with Crippen LogP contribution >= 0.6 is 0 Å². The predicted molar refractivity (Wildman–Crippen MR) is 286 cm³/mol. The fourth-order valence-electron chi connectivity index (χ4n) is 7.48. The highest BCUT2D eigenvalue weighted by Crippen LogP contribution is 2.22. The number of aryl methyl sites for hydroxylation is 12. The molecule has 0 amide bonds. The van der Waals surface area contributed by atoms with Crippen molar-refractivity contribution in [3.63, 3.8) is 0 Å². The van der Waals surface area contributed by atoms with Gasteiger partial charge in [-0.1, -0.05) is 239 Å². The minimum Gasteiger partial charge on any atom is -0.0617 e. The van der Waals surface area contributed by atoms with Gasteiger partial charge in [-0.05, 0) is 148 Å². The first-order valence-corrected chi connectivity index (χ1v) is 22.6. The summed E-state index contributed by atoms with van der Waals surface area (Å²) in [6, 6.07) is 69.0. The van der Waals surface area contributed by atoms with Crippen molar-refractivity contribution < 1.29 is 0 Å². The van der Waals surface area contributed by atoms with E-state index in [9.17, 15) is 0 Å². The highest BCUT2D eigenvalue weighted by Gasteiger charge is 1.98. The van der Waals surface area contributed by atoms with Crippen LogP contribution in [0.15, 0.2) is 194 Å². The summed E-state index contributed by atoms with van der Waals surface area (Å²) in [4.78, 5) is 0. The molecule has 0 fully saturated rings. The second kappa shape index (κ2) is 23.6. The molecule has 0 aliphatic rings. The molecule has 0 saturated heterocycles. The van der Waals surface area contributed by atoms with Gasteiger partial charge in [-0.3, -0.25) is 0 Å². The molecule has 0 aliphatic carbocycles. The maximum atomic E-state index is 2.24. The minimum atomic E-state index is 1.33. The largest absolute Gasteiger partial charge is 0.0617 e. The van der Waals surface area contributed by atoms with Gasteiger partial charge in [0, 0.05) is 0 Å². The van der Waals surface area contributed by atoms with E-state index in [-0.39, 0.29) is 0 Å². The van der Waals surface area contributed by atoms with Crippen LogP contribution in [0.5, 0.6) is 0 Å². The van der Waals surface area contributed by atoms with Crippen molar-refractivity contribution in [1.82, 2.24) is 0 Å². The molecule has 0 unspecified atom stereocenters. The Balaban J connectivity index is 0.000000146. The van der Waals surface area contributed by atoms with Crippen molar-refractivity contribution >= 4 is 43.1 Å². The Kier molecular flexibility index (Phi) is 17.8. The summed E-state index contributed by atoms with van der Waals surface area (Å²) in [5.41, 5.74) is 16.1. The standard InChI is InChI=1S/4C12H12.2C8H10/c1-9-3-5-12-8-10(2)4-6-11(12)7-9;1-9-3-5-11-6-4-10(2)8-12(11)7-9;1-9-7-11-5-3-4-6-12(11)8-10(9)2;1-9-7-8-10(2)12-6-4-3-5-11(9)12;1-7-3-5-8(2)6-4-7;1-7-4-3-5-8(2)6-7/h4*3-8H,1-2H3;2*3-6H,1-2H3. The van der Waals surface area contributed by atoms with Gasteiger partial charge < -0.3 is 0 Å². The molecule has 324 valence electrons. The van der Waals surface area contributed by atoms with Crippen molar-refractivity contribution in [2.45, 2.75) is 83.1 Å². The van der Waals surface area contributed by atoms with Crippen LogP contribution in [-0.2, 0) is 0 Å². The van der Waals surface area contributed by atoms with Crippen LogP contribution in [0.25, 0.3) is 43.1 Å². The van der Waals surface area contributed by atoms with Gasteiger partial charge in [0.15, 0.2) is 0 Å². The number of fused-ring (bicyclic) bond motifs is 4.